The zero-order valence-corrected chi connectivity index (χ0v) is 15.1. The molecule has 2 amide bonds. The predicted octanol–water partition coefficient (Wildman–Crippen LogP) is 3.48. The minimum absolute atomic E-state index is 0.0660. The highest BCUT2D eigenvalue weighted by Gasteiger charge is 2.15. The summed E-state index contributed by atoms with van der Waals surface area (Å²) in [5, 5.41) is 6.05. The van der Waals surface area contributed by atoms with Crippen LogP contribution < -0.4 is 10.6 Å². The van der Waals surface area contributed by atoms with Crippen LogP contribution in [0, 0.1) is 0 Å². The van der Waals surface area contributed by atoms with Crippen molar-refractivity contribution in [2.75, 3.05) is 13.1 Å². The molecule has 3 aromatic rings. The second kappa shape index (κ2) is 7.63. The van der Waals surface area contributed by atoms with E-state index < -0.39 is 0 Å². The second-order valence-electron chi connectivity index (χ2n) is 5.31. The number of aromatic nitrogens is 1. The third-order valence-electron chi connectivity index (χ3n) is 3.57. The van der Waals surface area contributed by atoms with Gasteiger partial charge in [-0.25, -0.2) is 4.98 Å². The number of likely N-dealkylation sites (N-methyl/N-ethyl adjacent to an activating group) is 1. The Kier molecular flexibility index (Phi) is 5.31. The molecule has 25 heavy (non-hydrogen) atoms. The number of pyridine rings is 1. The number of nitrogens with one attached hydrogen (secondary N) is 2. The van der Waals surface area contributed by atoms with Gasteiger partial charge in [0.2, 0.25) is 5.91 Å². The van der Waals surface area contributed by atoms with Gasteiger partial charge in [-0.05, 0) is 31.2 Å². The Labute approximate surface area is 154 Å². The zero-order valence-electron chi connectivity index (χ0n) is 13.5. The van der Waals surface area contributed by atoms with E-state index in [2.05, 4.69) is 15.6 Å². The number of carbonyl (C=O) groups excluding carboxylic acids is 2. The molecule has 0 saturated heterocycles. The van der Waals surface area contributed by atoms with Crippen molar-refractivity contribution in [1.82, 2.24) is 15.6 Å². The van der Waals surface area contributed by atoms with E-state index in [1.165, 1.54) is 11.3 Å². The van der Waals surface area contributed by atoms with Gasteiger partial charge in [-0.3, -0.25) is 9.59 Å². The van der Waals surface area contributed by atoms with E-state index in [1.807, 2.05) is 37.3 Å². The van der Waals surface area contributed by atoms with Gasteiger partial charge in [0, 0.05) is 11.9 Å². The molecule has 0 fully saturated rings. The van der Waals surface area contributed by atoms with E-state index in [1.54, 1.807) is 12.1 Å². The number of fused-ring (bicyclic) bond motifs is 1. The molecule has 0 bridgehead atoms. The summed E-state index contributed by atoms with van der Waals surface area (Å²) in [4.78, 5) is 29.7. The predicted molar refractivity (Wildman–Crippen MR) is 101 cm³/mol. The highest BCUT2D eigenvalue weighted by Crippen LogP contribution is 2.32. The van der Waals surface area contributed by atoms with Crippen LogP contribution in [0.5, 0.6) is 0 Å². The van der Waals surface area contributed by atoms with Gasteiger partial charge in [0.15, 0.2) is 0 Å². The number of thiophene rings is 1. The van der Waals surface area contributed by atoms with Gasteiger partial charge in [-0.15, -0.1) is 11.3 Å². The lowest BCUT2D eigenvalue weighted by Crippen LogP contribution is -2.36. The van der Waals surface area contributed by atoms with Crippen molar-refractivity contribution in [3.63, 3.8) is 0 Å². The Morgan fingerprint density at radius 1 is 1.16 bits per heavy atom. The molecule has 0 aliphatic carbocycles. The topological polar surface area (TPSA) is 71.1 Å². The fourth-order valence-electron chi connectivity index (χ4n) is 2.46. The van der Waals surface area contributed by atoms with Gasteiger partial charge >= 0.3 is 0 Å². The van der Waals surface area contributed by atoms with Crippen molar-refractivity contribution in [2.45, 2.75) is 6.92 Å². The zero-order chi connectivity index (χ0) is 17.8. The SMILES string of the molecule is CCNC(=O)CNC(=O)c1cc(-c2ccc(Cl)s2)nc2ccccc12. The number of nitrogens with zero attached hydrogens (tertiary/aromatic N) is 1. The molecule has 0 saturated carbocycles. The third-order valence-corrected chi connectivity index (χ3v) is 4.82. The molecule has 5 nitrogen and oxygen atoms in total. The van der Waals surface area contributed by atoms with Crippen molar-refractivity contribution in [3.8, 4) is 10.6 Å². The van der Waals surface area contributed by atoms with Crippen LogP contribution >= 0.6 is 22.9 Å². The molecule has 128 valence electrons. The van der Waals surface area contributed by atoms with Gasteiger partial charge < -0.3 is 10.6 Å². The number of benzene rings is 1. The quantitative estimate of drug-likeness (QED) is 0.719. The fourth-order valence-corrected chi connectivity index (χ4v) is 3.46. The monoisotopic (exact) mass is 373 g/mol. The van der Waals surface area contributed by atoms with E-state index in [0.717, 1.165) is 10.3 Å². The average molecular weight is 374 g/mol. The number of hydrogen-bond acceptors (Lipinski definition) is 4. The summed E-state index contributed by atoms with van der Waals surface area (Å²) >= 11 is 7.41. The molecule has 0 aliphatic heterocycles. The van der Waals surface area contributed by atoms with Crippen molar-refractivity contribution < 1.29 is 9.59 Å². The Bertz CT molecular complexity index is 939. The lowest BCUT2D eigenvalue weighted by molar-refractivity contribution is -0.120. The molecule has 2 N–H and O–H groups in total. The number of para-hydroxylation sites is 1. The Morgan fingerprint density at radius 2 is 1.96 bits per heavy atom. The molecular weight excluding hydrogens is 358 g/mol. The fraction of sp³-hybridized carbons (Fsp3) is 0.167. The minimum atomic E-state index is -0.311. The number of amides is 2. The number of rotatable bonds is 5. The Morgan fingerprint density at radius 3 is 2.68 bits per heavy atom. The average Bonchev–Trinajstić information content (AvgIpc) is 3.05. The summed E-state index contributed by atoms with van der Waals surface area (Å²) in [6.07, 6.45) is 0. The van der Waals surface area contributed by atoms with Crippen LogP contribution in [-0.4, -0.2) is 29.9 Å². The number of hydrogen-bond donors (Lipinski definition) is 2. The molecule has 7 heteroatoms. The van der Waals surface area contributed by atoms with E-state index in [0.29, 0.717) is 27.7 Å². The van der Waals surface area contributed by atoms with Crippen LogP contribution in [0.3, 0.4) is 0 Å². The molecule has 3 rings (SSSR count). The molecule has 1 aromatic carbocycles. The first-order valence-electron chi connectivity index (χ1n) is 7.79. The van der Waals surface area contributed by atoms with Crippen LogP contribution in [0.4, 0.5) is 0 Å². The van der Waals surface area contributed by atoms with E-state index >= 15 is 0 Å². The molecule has 2 heterocycles. The van der Waals surface area contributed by atoms with Gasteiger partial charge in [-0.2, -0.15) is 0 Å². The summed E-state index contributed by atoms with van der Waals surface area (Å²) in [5.74, 6) is -0.534. The first-order valence-corrected chi connectivity index (χ1v) is 8.98. The number of halogens is 1. The smallest absolute Gasteiger partial charge is 0.252 e. The molecule has 0 radical (unpaired) electrons. The first kappa shape index (κ1) is 17.4. The molecular formula is C18H16ClN3O2S. The molecule has 0 aliphatic rings. The summed E-state index contributed by atoms with van der Waals surface area (Å²) < 4.78 is 0.659. The first-order chi connectivity index (χ1) is 12.1. The largest absolute Gasteiger partial charge is 0.355 e. The van der Waals surface area contributed by atoms with Crippen molar-refractivity contribution >= 4 is 45.7 Å². The lowest BCUT2D eigenvalue weighted by atomic mass is 10.1. The van der Waals surface area contributed by atoms with E-state index in [9.17, 15) is 9.59 Å². The molecule has 0 unspecified atom stereocenters. The summed E-state index contributed by atoms with van der Waals surface area (Å²) in [7, 11) is 0. The summed E-state index contributed by atoms with van der Waals surface area (Å²) in [5.41, 5.74) is 1.88. The van der Waals surface area contributed by atoms with E-state index in [4.69, 9.17) is 11.6 Å². The van der Waals surface area contributed by atoms with Crippen LogP contribution in [0.2, 0.25) is 4.34 Å². The highest BCUT2D eigenvalue weighted by atomic mass is 35.5. The lowest BCUT2D eigenvalue weighted by Gasteiger charge is -2.10. The van der Waals surface area contributed by atoms with Crippen LogP contribution in [-0.2, 0) is 4.79 Å². The highest BCUT2D eigenvalue weighted by molar-refractivity contribution is 7.19. The van der Waals surface area contributed by atoms with Crippen LogP contribution in [0.15, 0.2) is 42.5 Å². The summed E-state index contributed by atoms with van der Waals surface area (Å²) in [6.45, 7) is 2.29. The van der Waals surface area contributed by atoms with Gasteiger partial charge in [0.05, 0.1) is 32.5 Å². The Balaban J connectivity index is 1.97. The van der Waals surface area contributed by atoms with Crippen LogP contribution in [0.1, 0.15) is 17.3 Å². The maximum Gasteiger partial charge on any atom is 0.252 e. The number of carbonyl (C=O) groups is 2. The van der Waals surface area contributed by atoms with Gasteiger partial charge in [0.1, 0.15) is 0 Å². The summed E-state index contributed by atoms with van der Waals surface area (Å²) in [6, 6.07) is 12.8. The Hall–Kier alpha value is -2.44. The van der Waals surface area contributed by atoms with Crippen molar-refractivity contribution in [1.29, 1.82) is 0 Å². The normalized spacial score (nSPS) is 10.6. The minimum Gasteiger partial charge on any atom is -0.355 e. The van der Waals surface area contributed by atoms with Gasteiger partial charge in [0.25, 0.3) is 5.91 Å². The molecule has 0 atom stereocenters. The van der Waals surface area contributed by atoms with Crippen LogP contribution in [0.25, 0.3) is 21.5 Å². The van der Waals surface area contributed by atoms with Crippen molar-refractivity contribution in [3.05, 3.63) is 52.4 Å². The maximum atomic E-state index is 12.6. The molecule has 0 spiro atoms. The second-order valence-corrected chi connectivity index (χ2v) is 7.03. The van der Waals surface area contributed by atoms with E-state index in [-0.39, 0.29) is 18.4 Å². The van der Waals surface area contributed by atoms with Gasteiger partial charge in [-0.1, -0.05) is 29.8 Å². The standard InChI is InChI=1S/C18H16ClN3O2S/c1-2-20-17(23)10-21-18(24)12-9-14(15-7-8-16(19)25-15)22-13-6-4-3-5-11(12)13/h3-9H,2,10H2,1H3,(H,20,23)(H,21,24). The third kappa shape index (κ3) is 3.97. The maximum absolute atomic E-state index is 12.6. The van der Waals surface area contributed by atoms with Crippen molar-refractivity contribution in [2.24, 2.45) is 0 Å². The molecule has 2 aromatic heterocycles.